The van der Waals surface area contributed by atoms with Crippen LogP contribution in [0.1, 0.15) is 22.3 Å². The molecule has 0 unspecified atom stereocenters. The van der Waals surface area contributed by atoms with Gasteiger partial charge < -0.3 is 14.4 Å². The molecular formula is C15H19NO4. The van der Waals surface area contributed by atoms with Gasteiger partial charge in [0.1, 0.15) is 0 Å². The van der Waals surface area contributed by atoms with E-state index >= 15 is 0 Å². The number of Topliss-reactive ketones (excluding diaryl/α,β-unsaturated/α-hetero) is 1. The fourth-order valence-corrected chi connectivity index (χ4v) is 2.32. The summed E-state index contributed by atoms with van der Waals surface area (Å²) < 4.78 is 10.4. The third kappa shape index (κ3) is 2.89. The highest BCUT2D eigenvalue weighted by atomic mass is 16.5. The van der Waals surface area contributed by atoms with Gasteiger partial charge in [-0.2, -0.15) is 0 Å². The first-order chi connectivity index (χ1) is 9.66. The zero-order chi connectivity index (χ0) is 14.5. The molecular weight excluding hydrogens is 258 g/mol. The summed E-state index contributed by atoms with van der Waals surface area (Å²) in [7, 11) is 1.65. The van der Waals surface area contributed by atoms with Crippen LogP contribution >= 0.6 is 0 Å². The largest absolute Gasteiger partial charge is 0.385 e. The van der Waals surface area contributed by atoms with Gasteiger partial charge in [0.05, 0.1) is 17.9 Å². The van der Waals surface area contributed by atoms with Crippen LogP contribution in [-0.4, -0.2) is 45.2 Å². The predicted molar refractivity (Wildman–Crippen MR) is 75.2 cm³/mol. The Morgan fingerprint density at radius 2 is 1.95 bits per heavy atom. The molecule has 1 aliphatic rings. The molecule has 108 valence electrons. The first kappa shape index (κ1) is 14.7. The number of carbonyl (C=O) groups is 2. The molecule has 0 radical (unpaired) electrons. The van der Waals surface area contributed by atoms with Gasteiger partial charge in [-0.05, 0) is 25.0 Å². The Balaban J connectivity index is 1.96. The average Bonchev–Trinajstić information content (AvgIpc) is 2.69. The maximum Gasteiger partial charge on any atom is 0.299 e. The number of carbonyl (C=O) groups excluding carboxylic acids is 2. The molecule has 1 heterocycles. The van der Waals surface area contributed by atoms with Crippen LogP contribution in [0.4, 0.5) is 5.69 Å². The summed E-state index contributed by atoms with van der Waals surface area (Å²) in [5, 5.41) is 0. The summed E-state index contributed by atoms with van der Waals surface area (Å²) in [6.07, 6.45) is 0.818. The Kier molecular flexibility index (Phi) is 4.87. The van der Waals surface area contributed by atoms with Crippen molar-refractivity contribution in [2.45, 2.75) is 13.3 Å². The number of aryl methyl sites for hydroxylation is 1. The number of rotatable bonds is 7. The summed E-state index contributed by atoms with van der Waals surface area (Å²) in [5.74, 6) is -0.891. The number of amides is 1. The van der Waals surface area contributed by atoms with Gasteiger partial charge in [0.25, 0.3) is 11.7 Å². The Bertz CT molecular complexity index is 513. The average molecular weight is 277 g/mol. The van der Waals surface area contributed by atoms with Gasteiger partial charge in [-0.3, -0.25) is 9.59 Å². The number of ether oxygens (including phenoxy) is 2. The zero-order valence-corrected chi connectivity index (χ0v) is 11.8. The SMILES string of the molecule is COCCCOCCN1C(=O)C(=O)c2cccc(C)c21. The van der Waals surface area contributed by atoms with Gasteiger partial charge >= 0.3 is 0 Å². The van der Waals surface area contributed by atoms with Crippen LogP contribution in [0.3, 0.4) is 0 Å². The smallest absolute Gasteiger partial charge is 0.299 e. The van der Waals surface area contributed by atoms with Crippen LogP contribution in [0.15, 0.2) is 18.2 Å². The van der Waals surface area contributed by atoms with Crippen LogP contribution < -0.4 is 4.90 Å². The monoisotopic (exact) mass is 277 g/mol. The molecule has 0 saturated heterocycles. The summed E-state index contributed by atoms with van der Waals surface area (Å²) >= 11 is 0. The first-order valence-electron chi connectivity index (χ1n) is 6.69. The van der Waals surface area contributed by atoms with Crippen LogP contribution in [0.25, 0.3) is 0 Å². The van der Waals surface area contributed by atoms with E-state index in [1.807, 2.05) is 13.0 Å². The van der Waals surface area contributed by atoms with Crippen molar-refractivity contribution in [1.29, 1.82) is 0 Å². The van der Waals surface area contributed by atoms with E-state index in [0.29, 0.717) is 31.9 Å². The van der Waals surface area contributed by atoms with E-state index in [0.717, 1.165) is 17.7 Å². The van der Waals surface area contributed by atoms with E-state index in [9.17, 15) is 9.59 Å². The Labute approximate surface area is 118 Å². The number of methoxy groups -OCH3 is 1. The Morgan fingerprint density at radius 3 is 2.70 bits per heavy atom. The normalized spacial score (nSPS) is 14.0. The second-order valence-corrected chi connectivity index (χ2v) is 4.72. The van der Waals surface area contributed by atoms with Crippen LogP contribution in [-0.2, 0) is 14.3 Å². The molecule has 5 heteroatoms. The zero-order valence-electron chi connectivity index (χ0n) is 11.8. The molecule has 0 atom stereocenters. The first-order valence-corrected chi connectivity index (χ1v) is 6.69. The Hall–Kier alpha value is -1.72. The van der Waals surface area contributed by atoms with Crippen LogP contribution in [0, 0.1) is 6.92 Å². The molecule has 0 fully saturated rings. The molecule has 0 N–H and O–H groups in total. The topological polar surface area (TPSA) is 55.8 Å². The van der Waals surface area contributed by atoms with E-state index in [-0.39, 0.29) is 0 Å². The Morgan fingerprint density at radius 1 is 1.15 bits per heavy atom. The lowest BCUT2D eigenvalue weighted by atomic mass is 10.1. The molecule has 20 heavy (non-hydrogen) atoms. The van der Waals surface area contributed by atoms with Crippen molar-refractivity contribution in [3.8, 4) is 0 Å². The molecule has 0 saturated carbocycles. The van der Waals surface area contributed by atoms with Gasteiger partial charge in [0.15, 0.2) is 0 Å². The number of para-hydroxylation sites is 1. The molecule has 5 nitrogen and oxygen atoms in total. The maximum absolute atomic E-state index is 12.0. The molecule has 1 aromatic rings. The van der Waals surface area contributed by atoms with E-state index in [1.54, 1.807) is 19.2 Å². The standard InChI is InChI=1S/C15H19NO4/c1-11-5-3-6-12-13(11)16(15(18)14(12)17)7-10-20-9-4-8-19-2/h3,5-6H,4,7-10H2,1-2H3. The highest BCUT2D eigenvalue weighted by Crippen LogP contribution is 2.31. The minimum atomic E-state index is -0.463. The van der Waals surface area contributed by atoms with Crippen LogP contribution in [0.2, 0.25) is 0 Å². The van der Waals surface area contributed by atoms with Crippen molar-refractivity contribution in [2.24, 2.45) is 0 Å². The molecule has 1 amide bonds. The molecule has 0 spiro atoms. The minimum Gasteiger partial charge on any atom is -0.385 e. The predicted octanol–water partition coefficient (Wildman–Crippen LogP) is 1.58. The van der Waals surface area contributed by atoms with Crippen molar-refractivity contribution >= 4 is 17.4 Å². The van der Waals surface area contributed by atoms with Gasteiger partial charge in [-0.15, -0.1) is 0 Å². The number of hydrogen-bond acceptors (Lipinski definition) is 4. The van der Waals surface area contributed by atoms with E-state index in [4.69, 9.17) is 9.47 Å². The third-order valence-corrected chi connectivity index (χ3v) is 3.29. The molecule has 1 aliphatic heterocycles. The van der Waals surface area contributed by atoms with Gasteiger partial charge in [0.2, 0.25) is 0 Å². The van der Waals surface area contributed by atoms with E-state index in [2.05, 4.69) is 0 Å². The fourth-order valence-electron chi connectivity index (χ4n) is 2.32. The van der Waals surface area contributed by atoms with Crippen molar-refractivity contribution in [2.75, 3.05) is 38.4 Å². The second-order valence-electron chi connectivity index (χ2n) is 4.72. The number of nitrogens with zero attached hydrogens (tertiary/aromatic N) is 1. The maximum atomic E-state index is 12.0. The van der Waals surface area contributed by atoms with Crippen molar-refractivity contribution in [3.63, 3.8) is 0 Å². The van der Waals surface area contributed by atoms with E-state index < -0.39 is 11.7 Å². The fraction of sp³-hybridized carbons (Fsp3) is 0.467. The van der Waals surface area contributed by atoms with Crippen molar-refractivity contribution < 1.29 is 19.1 Å². The number of anilines is 1. The quantitative estimate of drug-likeness (QED) is 0.561. The highest BCUT2D eigenvalue weighted by Gasteiger charge is 2.36. The summed E-state index contributed by atoms with van der Waals surface area (Å²) in [6, 6.07) is 5.39. The third-order valence-electron chi connectivity index (χ3n) is 3.29. The second kappa shape index (κ2) is 6.63. The number of fused-ring (bicyclic) bond motifs is 1. The van der Waals surface area contributed by atoms with Gasteiger partial charge in [-0.25, -0.2) is 0 Å². The van der Waals surface area contributed by atoms with Gasteiger partial charge in [-0.1, -0.05) is 12.1 Å². The molecule has 0 aliphatic carbocycles. The van der Waals surface area contributed by atoms with Gasteiger partial charge in [0, 0.05) is 26.9 Å². The number of benzene rings is 1. The van der Waals surface area contributed by atoms with Crippen molar-refractivity contribution in [1.82, 2.24) is 0 Å². The molecule has 0 bridgehead atoms. The minimum absolute atomic E-state index is 0.398. The molecule has 1 aromatic carbocycles. The van der Waals surface area contributed by atoms with Crippen molar-refractivity contribution in [3.05, 3.63) is 29.3 Å². The lowest BCUT2D eigenvalue weighted by Crippen LogP contribution is -2.33. The number of ketones is 1. The summed E-state index contributed by atoms with van der Waals surface area (Å²) in [4.78, 5) is 25.4. The highest BCUT2D eigenvalue weighted by molar-refractivity contribution is 6.52. The number of hydrogen-bond donors (Lipinski definition) is 0. The summed E-state index contributed by atoms with van der Waals surface area (Å²) in [6.45, 7) is 3.95. The van der Waals surface area contributed by atoms with E-state index in [1.165, 1.54) is 4.90 Å². The lowest BCUT2D eigenvalue weighted by molar-refractivity contribution is -0.114. The molecule has 0 aromatic heterocycles. The van der Waals surface area contributed by atoms with Crippen LogP contribution in [0.5, 0.6) is 0 Å². The lowest BCUT2D eigenvalue weighted by Gasteiger charge is -2.18. The molecule has 2 rings (SSSR count). The summed E-state index contributed by atoms with van der Waals surface area (Å²) in [5.41, 5.74) is 2.15.